The second kappa shape index (κ2) is 4.42. The summed E-state index contributed by atoms with van der Waals surface area (Å²) in [4.78, 5) is 5.17. The molecule has 2 fully saturated rings. The third-order valence-electron chi connectivity index (χ3n) is 4.17. The third kappa shape index (κ3) is 2.73. The van der Waals surface area contributed by atoms with Crippen LogP contribution in [0.15, 0.2) is 0 Å². The van der Waals surface area contributed by atoms with Crippen molar-refractivity contribution in [3.05, 3.63) is 0 Å². The van der Waals surface area contributed by atoms with Crippen LogP contribution in [-0.2, 0) is 0 Å². The van der Waals surface area contributed by atoms with E-state index in [0.29, 0.717) is 5.41 Å². The number of hydrogen-bond acceptors (Lipinski definition) is 2. The molecular formula is C13H26N2. The maximum absolute atomic E-state index is 2.66. The van der Waals surface area contributed by atoms with E-state index in [4.69, 9.17) is 0 Å². The molecule has 2 aliphatic heterocycles. The first-order valence-electron chi connectivity index (χ1n) is 6.51. The topological polar surface area (TPSA) is 6.48 Å². The second-order valence-electron chi connectivity index (χ2n) is 6.18. The maximum atomic E-state index is 2.66. The minimum Gasteiger partial charge on any atom is -0.306 e. The van der Waals surface area contributed by atoms with E-state index < -0.39 is 0 Å². The van der Waals surface area contributed by atoms with Crippen LogP contribution in [0.1, 0.15) is 33.1 Å². The second-order valence-corrected chi connectivity index (χ2v) is 6.18. The zero-order valence-electron chi connectivity index (χ0n) is 10.6. The van der Waals surface area contributed by atoms with Gasteiger partial charge in [0.25, 0.3) is 0 Å². The van der Waals surface area contributed by atoms with Gasteiger partial charge in [-0.2, -0.15) is 0 Å². The Morgan fingerprint density at radius 1 is 1.07 bits per heavy atom. The van der Waals surface area contributed by atoms with Crippen LogP contribution in [-0.4, -0.2) is 49.6 Å². The molecule has 0 radical (unpaired) electrons. The molecule has 88 valence electrons. The van der Waals surface area contributed by atoms with E-state index in [1.54, 1.807) is 0 Å². The lowest BCUT2D eigenvalue weighted by atomic mass is 9.77. The molecule has 2 rings (SSSR count). The molecule has 2 nitrogen and oxygen atoms in total. The summed E-state index contributed by atoms with van der Waals surface area (Å²) < 4.78 is 0. The van der Waals surface area contributed by atoms with Crippen LogP contribution in [0.3, 0.4) is 0 Å². The van der Waals surface area contributed by atoms with Gasteiger partial charge in [-0.1, -0.05) is 13.8 Å². The van der Waals surface area contributed by atoms with Gasteiger partial charge in [0, 0.05) is 13.1 Å². The van der Waals surface area contributed by atoms with Crippen LogP contribution in [0, 0.1) is 11.3 Å². The van der Waals surface area contributed by atoms with Crippen molar-refractivity contribution in [3.63, 3.8) is 0 Å². The van der Waals surface area contributed by atoms with Gasteiger partial charge in [0.05, 0.1) is 0 Å². The molecule has 0 unspecified atom stereocenters. The Morgan fingerprint density at radius 3 is 2.13 bits per heavy atom. The van der Waals surface area contributed by atoms with Crippen LogP contribution < -0.4 is 0 Å². The first-order chi connectivity index (χ1) is 7.10. The highest BCUT2D eigenvalue weighted by molar-refractivity contribution is 4.92. The lowest BCUT2D eigenvalue weighted by Crippen LogP contribution is -2.42. The van der Waals surface area contributed by atoms with E-state index >= 15 is 0 Å². The average molecular weight is 210 g/mol. The quantitative estimate of drug-likeness (QED) is 0.688. The summed E-state index contributed by atoms with van der Waals surface area (Å²) in [7, 11) is 2.27. The van der Waals surface area contributed by atoms with Gasteiger partial charge in [0.15, 0.2) is 0 Å². The molecule has 0 aromatic carbocycles. The highest BCUT2D eigenvalue weighted by Crippen LogP contribution is 2.39. The Morgan fingerprint density at radius 2 is 1.67 bits per heavy atom. The van der Waals surface area contributed by atoms with Gasteiger partial charge < -0.3 is 9.80 Å². The third-order valence-corrected chi connectivity index (χ3v) is 4.17. The molecule has 2 heteroatoms. The lowest BCUT2D eigenvalue weighted by molar-refractivity contribution is 0.102. The molecule has 0 aliphatic carbocycles. The van der Waals surface area contributed by atoms with E-state index in [1.165, 1.54) is 52.0 Å². The number of rotatable bonds is 2. The lowest BCUT2D eigenvalue weighted by Gasteiger charge is -2.39. The highest BCUT2D eigenvalue weighted by atomic mass is 15.2. The average Bonchev–Trinajstić information content (AvgIpc) is 2.52. The van der Waals surface area contributed by atoms with E-state index in [9.17, 15) is 0 Å². The first kappa shape index (κ1) is 11.4. The van der Waals surface area contributed by atoms with Crippen LogP contribution >= 0.6 is 0 Å². The molecule has 1 spiro atoms. The van der Waals surface area contributed by atoms with Crippen LogP contribution in [0.5, 0.6) is 0 Å². The monoisotopic (exact) mass is 210 g/mol. The van der Waals surface area contributed by atoms with Crippen molar-refractivity contribution in [1.82, 2.24) is 9.80 Å². The summed E-state index contributed by atoms with van der Waals surface area (Å²) in [5.74, 6) is 0.824. The molecule has 0 aromatic rings. The number of hydrogen-bond donors (Lipinski definition) is 0. The normalized spacial score (nSPS) is 28.0. The predicted molar refractivity (Wildman–Crippen MR) is 65.1 cm³/mol. The molecule has 15 heavy (non-hydrogen) atoms. The van der Waals surface area contributed by atoms with Gasteiger partial charge in [0.1, 0.15) is 0 Å². The minimum absolute atomic E-state index is 0.697. The zero-order valence-corrected chi connectivity index (χ0v) is 10.6. The zero-order chi connectivity index (χ0) is 10.9. The molecule has 0 aromatic heterocycles. The fourth-order valence-electron chi connectivity index (χ4n) is 3.29. The molecule has 0 saturated carbocycles. The van der Waals surface area contributed by atoms with Gasteiger partial charge in [0.2, 0.25) is 0 Å². The van der Waals surface area contributed by atoms with Crippen molar-refractivity contribution in [2.75, 3.05) is 39.8 Å². The Balaban J connectivity index is 1.81. The van der Waals surface area contributed by atoms with E-state index in [1.807, 2.05) is 0 Å². The van der Waals surface area contributed by atoms with Crippen LogP contribution in [0.25, 0.3) is 0 Å². The van der Waals surface area contributed by atoms with E-state index in [0.717, 1.165) is 5.92 Å². The molecule has 2 heterocycles. The Hall–Kier alpha value is -0.0800. The van der Waals surface area contributed by atoms with Crippen LogP contribution in [0.4, 0.5) is 0 Å². The number of piperidine rings is 1. The van der Waals surface area contributed by atoms with Crippen molar-refractivity contribution in [2.45, 2.75) is 33.1 Å². The molecule has 0 bridgehead atoms. The first-order valence-corrected chi connectivity index (χ1v) is 6.51. The molecular weight excluding hydrogens is 184 g/mol. The molecule has 0 atom stereocenters. The summed E-state index contributed by atoms with van der Waals surface area (Å²) >= 11 is 0. The van der Waals surface area contributed by atoms with Crippen molar-refractivity contribution in [2.24, 2.45) is 11.3 Å². The predicted octanol–water partition coefficient (Wildman–Crippen LogP) is 2.06. The van der Waals surface area contributed by atoms with Gasteiger partial charge >= 0.3 is 0 Å². The van der Waals surface area contributed by atoms with Crippen molar-refractivity contribution < 1.29 is 0 Å². The SMILES string of the molecule is CC(C)CN1CCC2(CCN(C)C2)CC1. The molecule has 2 aliphatic rings. The van der Waals surface area contributed by atoms with Gasteiger partial charge in [-0.25, -0.2) is 0 Å². The number of likely N-dealkylation sites (tertiary alicyclic amines) is 2. The van der Waals surface area contributed by atoms with Gasteiger partial charge in [-0.15, -0.1) is 0 Å². The Labute approximate surface area is 94.6 Å². The van der Waals surface area contributed by atoms with Crippen molar-refractivity contribution >= 4 is 0 Å². The largest absolute Gasteiger partial charge is 0.306 e. The summed E-state index contributed by atoms with van der Waals surface area (Å²) in [6.07, 6.45) is 4.31. The summed E-state index contributed by atoms with van der Waals surface area (Å²) in [6.45, 7) is 11.3. The van der Waals surface area contributed by atoms with Gasteiger partial charge in [-0.3, -0.25) is 0 Å². The molecule has 0 amide bonds. The minimum atomic E-state index is 0.697. The summed E-state index contributed by atoms with van der Waals surface area (Å²) in [5, 5.41) is 0. The fourth-order valence-corrected chi connectivity index (χ4v) is 3.29. The molecule has 2 saturated heterocycles. The van der Waals surface area contributed by atoms with Crippen molar-refractivity contribution in [3.8, 4) is 0 Å². The Bertz CT molecular complexity index is 205. The maximum Gasteiger partial charge on any atom is 0.00364 e. The van der Waals surface area contributed by atoms with Crippen molar-refractivity contribution in [1.29, 1.82) is 0 Å². The standard InChI is InChI=1S/C13H26N2/c1-12(2)10-15-8-5-13(6-9-15)4-7-14(3)11-13/h12H,4-11H2,1-3H3. The summed E-state index contributed by atoms with van der Waals surface area (Å²) in [5.41, 5.74) is 0.697. The van der Waals surface area contributed by atoms with E-state index in [-0.39, 0.29) is 0 Å². The van der Waals surface area contributed by atoms with E-state index in [2.05, 4.69) is 30.7 Å². The fraction of sp³-hybridized carbons (Fsp3) is 1.00. The highest BCUT2D eigenvalue weighted by Gasteiger charge is 2.39. The molecule has 0 N–H and O–H groups in total. The van der Waals surface area contributed by atoms with Gasteiger partial charge in [-0.05, 0) is 57.3 Å². The smallest absolute Gasteiger partial charge is 0.00364 e. The summed E-state index contributed by atoms with van der Waals surface area (Å²) in [6, 6.07) is 0. The van der Waals surface area contributed by atoms with Crippen LogP contribution in [0.2, 0.25) is 0 Å². The number of nitrogens with zero attached hydrogens (tertiary/aromatic N) is 2. The Kier molecular flexibility index (Phi) is 3.36.